The lowest BCUT2D eigenvalue weighted by atomic mass is 10.4. The van der Waals surface area contributed by atoms with Crippen LogP contribution in [0, 0.1) is 0 Å². The first-order valence-electron chi connectivity index (χ1n) is 3.51. The third kappa shape index (κ3) is 3.41. The van der Waals surface area contributed by atoms with Crippen molar-refractivity contribution >= 4 is 9.84 Å². The maximum absolute atomic E-state index is 10.9. The highest BCUT2D eigenvalue weighted by molar-refractivity contribution is 7.94. The van der Waals surface area contributed by atoms with E-state index in [-0.39, 0.29) is 0 Å². The van der Waals surface area contributed by atoms with Gasteiger partial charge in [-0.05, 0) is 20.8 Å². The van der Waals surface area contributed by atoms with Gasteiger partial charge in [-0.15, -0.1) is 0 Å². The van der Waals surface area contributed by atoms with Crippen molar-refractivity contribution < 1.29 is 8.42 Å². The van der Waals surface area contributed by atoms with E-state index >= 15 is 0 Å². The standard InChI is InChI=1S/C7H15NO2S/c1-5-8-6(2)7(3)11(4,9)10/h8H,5H2,1-4H3/b7-6-. The summed E-state index contributed by atoms with van der Waals surface area (Å²) in [6.45, 7) is 6.05. The van der Waals surface area contributed by atoms with Crippen LogP contribution in [-0.4, -0.2) is 21.2 Å². The molecule has 11 heavy (non-hydrogen) atoms. The number of sulfone groups is 1. The van der Waals surface area contributed by atoms with Gasteiger partial charge in [-0.3, -0.25) is 0 Å². The molecule has 0 unspecified atom stereocenters. The van der Waals surface area contributed by atoms with Gasteiger partial charge in [0.25, 0.3) is 0 Å². The van der Waals surface area contributed by atoms with E-state index in [1.165, 1.54) is 6.26 Å². The lowest BCUT2D eigenvalue weighted by Crippen LogP contribution is -2.14. The van der Waals surface area contributed by atoms with Crippen molar-refractivity contribution in [2.24, 2.45) is 0 Å². The quantitative estimate of drug-likeness (QED) is 0.696. The summed E-state index contributed by atoms with van der Waals surface area (Å²) in [6.07, 6.45) is 1.21. The molecule has 0 amide bonds. The van der Waals surface area contributed by atoms with Crippen LogP contribution in [-0.2, 0) is 9.84 Å². The Balaban J connectivity index is 4.68. The predicted octanol–water partition coefficient (Wildman–Crippen LogP) is 0.892. The molecule has 0 aliphatic rings. The monoisotopic (exact) mass is 177 g/mol. The zero-order chi connectivity index (χ0) is 9.07. The van der Waals surface area contributed by atoms with Crippen LogP contribution in [0.1, 0.15) is 20.8 Å². The SMILES string of the molecule is CCN/C(C)=C(/C)S(C)(=O)=O. The minimum atomic E-state index is -3.01. The highest BCUT2D eigenvalue weighted by Crippen LogP contribution is 2.06. The summed E-state index contributed by atoms with van der Waals surface area (Å²) in [5.41, 5.74) is 0.731. The van der Waals surface area contributed by atoms with Gasteiger partial charge in [-0.25, -0.2) is 8.42 Å². The molecule has 4 heteroatoms. The van der Waals surface area contributed by atoms with Crippen molar-refractivity contribution in [2.45, 2.75) is 20.8 Å². The van der Waals surface area contributed by atoms with Crippen LogP contribution in [0.5, 0.6) is 0 Å². The summed E-state index contributed by atoms with van der Waals surface area (Å²) < 4.78 is 21.9. The smallest absolute Gasteiger partial charge is 0.173 e. The molecule has 3 nitrogen and oxygen atoms in total. The van der Waals surface area contributed by atoms with Crippen LogP contribution in [0.4, 0.5) is 0 Å². The van der Waals surface area contributed by atoms with E-state index in [0.29, 0.717) is 4.91 Å². The first kappa shape index (κ1) is 10.5. The van der Waals surface area contributed by atoms with Crippen molar-refractivity contribution in [3.63, 3.8) is 0 Å². The van der Waals surface area contributed by atoms with Crippen LogP contribution < -0.4 is 5.32 Å². The van der Waals surface area contributed by atoms with Crippen molar-refractivity contribution in [1.82, 2.24) is 5.32 Å². The first-order chi connectivity index (χ1) is 4.89. The Bertz CT molecular complexity index is 252. The third-order valence-electron chi connectivity index (χ3n) is 1.53. The van der Waals surface area contributed by atoms with Gasteiger partial charge < -0.3 is 5.32 Å². The van der Waals surface area contributed by atoms with Gasteiger partial charge in [0.15, 0.2) is 9.84 Å². The van der Waals surface area contributed by atoms with Crippen molar-refractivity contribution in [2.75, 3.05) is 12.8 Å². The normalized spacial score (nSPS) is 14.2. The number of nitrogens with one attached hydrogen (secondary N) is 1. The van der Waals surface area contributed by atoms with E-state index in [1.54, 1.807) is 13.8 Å². The van der Waals surface area contributed by atoms with Gasteiger partial charge in [0.05, 0.1) is 4.91 Å². The van der Waals surface area contributed by atoms with E-state index < -0.39 is 9.84 Å². The van der Waals surface area contributed by atoms with E-state index in [0.717, 1.165) is 12.2 Å². The van der Waals surface area contributed by atoms with Gasteiger partial charge in [-0.1, -0.05) is 0 Å². The molecule has 0 saturated heterocycles. The summed E-state index contributed by atoms with van der Waals surface area (Å²) in [5, 5.41) is 2.95. The van der Waals surface area contributed by atoms with Crippen LogP contribution >= 0.6 is 0 Å². The lowest BCUT2D eigenvalue weighted by Gasteiger charge is -2.06. The van der Waals surface area contributed by atoms with E-state index in [1.807, 2.05) is 6.92 Å². The van der Waals surface area contributed by atoms with Gasteiger partial charge >= 0.3 is 0 Å². The molecule has 0 aliphatic carbocycles. The minimum absolute atomic E-state index is 0.416. The minimum Gasteiger partial charge on any atom is -0.388 e. The lowest BCUT2D eigenvalue weighted by molar-refractivity contribution is 0.606. The molecule has 0 aromatic rings. The topological polar surface area (TPSA) is 46.2 Å². The predicted molar refractivity (Wildman–Crippen MR) is 46.9 cm³/mol. The Labute approximate surface area is 68.4 Å². The molecule has 0 fully saturated rings. The molecule has 0 atom stereocenters. The molecule has 0 aromatic carbocycles. The number of hydrogen-bond acceptors (Lipinski definition) is 3. The summed E-state index contributed by atoms with van der Waals surface area (Å²) in [6, 6.07) is 0. The molecular formula is C7H15NO2S. The molecule has 0 radical (unpaired) electrons. The van der Waals surface area contributed by atoms with E-state index in [2.05, 4.69) is 5.32 Å². The largest absolute Gasteiger partial charge is 0.388 e. The van der Waals surface area contributed by atoms with Crippen molar-refractivity contribution in [3.8, 4) is 0 Å². The second kappa shape index (κ2) is 3.76. The molecule has 0 aromatic heterocycles. The van der Waals surface area contributed by atoms with E-state index in [4.69, 9.17) is 0 Å². The second-order valence-electron chi connectivity index (χ2n) is 2.48. The highest BCUT2D eigenvalue weighted by atomic mass is 32.2. The molecule has 0 saturated carbocycles. The molecule has 0 bridgehead atoms. The number of rotatable bonds is 3. The Morgan fingerprint density at radius 3 is 2.09 bits per heavy atom. The Hall–Kier alpha value is -0.510. The molecule has 0 spiro atoms. The molecule has 0 rings (SSSR count). The fraction of sp³-hybridized carbons (Fsp3) is 0.714. The van der Waals surface area contributed by atoms with Crippen LogP contribution in [0.25, 0.3) is 0 Å². The van der Waals surface area contributed by atoms with Gasteiger partial charge in [0.1, 0.15) is 0 Å². The second-order valence-corrected chi connectivity index (χ2v) is 4.64. The number of hydrogen-bond donors (Lipinski definition) is 1. The average molecular weight is 177 g/mol. The summed E-state index contributed by atoms with van der Waals surface area (Å²) in [7, 11) is -3.01. The Morgan fingerprint density at radius 1 is 1.36 bits per heavy atom. The summed E-state index contributed by atoms with van der Waals surface area (Å²) in [4.78, 5) is 0.416. The third-order valence-corrected chi connectivity index (χ3v) is 2.94. The highest BCUT2D eigenvalue weighted by Gasteiger charge is 2.07. The molecular weight excluding hydrogens is 162 g/mol. The molecule has 0 heterocycles. The van der Waals surface area contributed by atoms with Gasteiger partial charge in [0.2, 0.25) is 0 Å². The van der Waals surface area contributed by atoms with Crippen LogP contribution in [0.2, 0.25) is 0 Å². The Morgan fingerprint density at radius 2 is 1.82 bits per heavy atom. The van der Waals surface area contributed by atoms with Crippen molar-refractivity contribution in [3.05, 3.63) is 10.6 Å². The molecule has 0 aliphatic heterocycles. The van der Waals surface area contributed by atoms with Crippen LogP contribution in [0.15, 0.2) is 10.6 Å². The fourth-order valence-corrected chi connectivity index (χ4v) is 1.30. The number of allylic oxidation sites excluding steroid dienone is 2. The molecule has 66 valence electrons. The van der Waals surface area contributed by atoms with Gasteiger partial charge in [-0.2, -0.15) is 0 Å². The molecule has 1 N–H and O–H groups in total. The Kier molecular flexibility index (Phi) is 3.58. The van der Waals surface area contributed by atoms with Crippen LogP contribution in [0.3, 0.4) is 0 Å². The van der Waals surface area contributed by atoms with Gasteiger partial charge in [0, 0.05) is 18.5 Å². The average Bonchev–Trinajstić information content (AvgIpc) is 1.85. The zero-order valence-electron chi connectivity index (χ0n) is 7.43. The first-order valence-corrected chi connectivity index (χ1v) is 5.40. The summed E-state index contributed by atoms with van der Waals surface area (Å²) in [5.74, 6) is 0. The van der Waals surface area contributed by atoms with Crippen molar-refractivity contribution in [1.29, 1.82) is 0 Å². The maximum atomic E-state index is 10.9. The summed E-state index contributed by atoms with van der Waals surface area (Å²) >= 11 is 0. The zero-order valence-corrected chi connectivity index (χ0v) is 8.25. The van der Waals surface area contributed by atoms with E-state index in [9.17, 15) is 8.42 Å². The maximum Gasteiger partial charge on any atom is 0.173 e. The fourth-order valence-electron chi connectivity index (χ4n) is 0.668.